The van der Waals surface area contributed by atoms with Gasteiger partial charge in [-0.2, -0.15) is 9.40 Å². The van der Waals surface area contributed by atoms with Gasteiger partial charge in [-0.25, -0.2) is 13.1 Å². The van der Waals surface area contributed by atoms with Crippen LogP contribution in [0.2, 0.25) is 0 Å². The van der Waals surface area contributed by atoms with Crippen LogP contribution in [0.3, 0.4) is 0 Å². The molecule has 0 aliphatic heterocycles. The molecule has 0 bridgehead atoms. The first-order valence-corrected chi connectivity index (χ1v) is 11.4. The zero-order valence-corrected chi connectivity index (χ0v) is 18.7. The zero-order chi connectivity index (χ0) is 23.0. The van der Waals surface area contributed by atoms with Crippen molar-refractivity contribution >= 4 is 10.0 Å². The maximum absolute atomic E-state index is 13.4. The lowest BCUT2D eigenvalue weighted by Gasteiger charge is -2.24. The van der Waals surface area contributed by atoms with Crippen molar-refractivity contribution < 1.29 is 18.6 Å². The van der Waals surface area contributed by atoms with Gasteiger partial charge in [0, 0.05) is 30.6 Å². The molecule has 4 rings (SSSR count). The van der Waals surface area contributed by atoms with Crippen LogP contribution in [-0.2, 0) is 10.0 Å². The lowest BCUT2D eigenvalue weighted by atomic mass is 10.1. The van der Waals surface area contributed by atoms with Gasteiger partial charge >= 0.3 is 0 Å². The Morgan fingerprint density at radius 3 is 2.50 bits per heavy atom. The third kappa shape index (κ3) is 3.65. The van der Waals surface area contributed by atoms with E-state index in [0.29, 0.717) is 11.4 Å². The highest BCUT2D eigenvalue weighted by Gasteiger charge is 2.31. The predicted octanol–water partition coefficient (Wildman–Crippen LogP) is 3.97. The molecule has 2 heterocycles. The standard InChI is InChI=1S/C23H24N4O4S/c1-15-7-4-5-9-19(15)27-20(10-12-25-27)17-13-23(22(29)14-21(17)28)32(30,31)26(3)16(2)18-8-6-11-24-18/h4-14,16,24,28-29H,1-3H3. The largest absolute Gasteiger partial charge is 0.507 e. The first-order valence-electron chi connectivity index (χ1n) is 9.99. The minimum atomic E-state index is -4.09. The Kier molecular flexibility index (Phi) is 5.53. The second-order valence-electron chi connectivity index (χ2n) is 7.57. The molecule has 0 saturated heterocycles. The van der Waals surface area contributed by atoms with Crippen LogP contribution in [0.4, 0.5) is 0 Å². The van der Waals surface area contributed by atoms with Gasteiger partial charge in [-0.15, -0.1) is 0 Å². The van der Waals surface area contributed by atoms with Gasteiger partial charge in [-0.1, -0.05) is 18.2 Å². The van der Waals surface area contributed by atoms with E-state index in [9.17, 15) is 18.6 Å². The van der Waals surface area contributed by atoms with Crippen LogP contribution >= 0.6 is 0 Å². The third-order valence-electron chi connectivity index (χ3n) is 5.61. The summed E-state index contributed by atoms with van der Waals surface area (Å²) in [6.45, 7) is 3.68. The summed E-state index contributed by atoms with van der Waals surface area (Å²) in [5.41, 5.74) is 3.20. The van der Waals surface area contributed by atoms with E-state index < -0.39 is 21.8 Å². The first-order chi connectivity index (χ1) is 15.2. The van der Waals surface area contributed by atoms with Crippen LogP contribution in [0.5, 0.6) is 11.5 Å². The van der Waals surface area contributed by atoms with Crippen LogP contribution in [0, 0.1) is 6.92 Å². The van der Waals surface area contributed by atoms with Gasteiger partial charge in [0.25, 0.3) is 0 Å². The molecule has 166 valence electrons. The van der Waals surface area contributed by atoms with E-state index >= 15 is 0 Å². The second kappa shape index (κ2) is 8.18. The number of benzene rings is 2. The number of nitrogens with zero attached hydrogens (tertiary/aromatic N) is 3. The van der Waals surface area contributed by atoms with Crippen molar-refractivity contribution in [3.05, 3.63) is 78.2 Å². The van der Waals surface area contributed by atoms with E-state index in [1.165, 1.54) is 17.4 Å². The lowest BCUT2D eigenvalue weighted by Crippen LogP contribution is -2.30. The number of aromatic hydroxyl groups is 2. The van der Waals surface area contributed by atoms with Crippen molar-refractivity contribution in [2.45, 2.75) is 24.8 Å². The van der Waals surface area contributed by atoms with Gasteiger partial charge in [0.15, 0.2) is 0 Å². The van der Waals surface area contributed by atoms with E-state index in [0.717, 1.165) is 17.3 Å². The molecular formula is C23H24N4O4S. The number of phenols is 2. The summed E-state index contributed by atoms with van der Waals surface area (Å²) < 4.78 is 29.6. The quantitative estimate of drug-likeness (QED) is 0.410. The number of hydrogen-bond acceptors (Lipinski definition) is 5. The number of hydrogen-bond donors (Lipinski definition) is 3. The molecule has 1 unspecified atom stereocenters. The maximum atomic E-state index is 13.4. The lowest BCUT2D eigenvalue weighted by molar-refractivity contribution is 0.387. The molecule has 0 saturated carbocycles. The van der Waals surface area contributed by atoms with Gasteiger partial charge < -0.3 is 15.2 Å². The number of aromatic nitrogens is 3. The Bertz CT molecular complexity index is 1360. The Balaban J connectivity index is 1.82. The van der Waals surface area contributed by atoms with Gasteiger partial charge in [0.1, 0.15) is 16.4 Å². The summed E-state index contributed by atoms with van der Waals surface area (Å²) in [4.78, 5) is 2.71. The minimum Gasteiger partial charge on any atom is -0.507 e. The minimum absolute atomic E-state index is 0.239. The van der Waals surface area contributed by atoms with Gasteiger partial charge in [0.2, 0.25) is 10.0 Å². The van der Waals surface area contributed by atoms with Crippen molar-refractivity contribution in [2.75, 3.05) is 7.05 Å². The number of nitrogens with one attached hydrogen (secondary N) is 1. The van der Waals surface area contributed by atoms with Gasteiger partial charge in [-0.05, 0) is 49.7 Å². The molecule has 8 nitrogen and oxygen atoms in total. The molecule has 0 aliphatic rings. The smallest absolute Gasteiger partial charge is 0.247 e. The van der Waals surface area contributed by atoms with Gasteiger partial charge in [0.05, 0.1) is 23.6 Å². The average molecular weight is 453 g/mol. The highest BCUT2D eigenvalue weighted by Crippen LogP contribution is 2.39. The first kappa shape index (κ1) is 21.7. The highest BCUT2D eigenvalue weighted by molar-refractivity contribution is 7.89. The summed E-state index contributed by atoms with van der Waals surface area (Å²) >= 11 is 0. The van der Waals surface area contributed by atoms with E-state index in [1.807, 2.05) is 31.2 Å². The topological polar surface area (TPSA) is 111 Å². The van der Waals surface area contributed by atoms with Crippen LogP contribution < -0.4 is 0 Å². The number of sulfonamides is 1. The van der Waals surface area contributed by atoms with E-state index in [4.69, 9.17) is 0 Å². The van der Waals surface area contributed by atoms with Crippen LogP contribution in [0.15, 0.2) is 71.9 Å². The van der Waals surface area contributed by atoms with Crippen LogP contribution in [-0.4, -0.2) is 44.7 Å². The summed E-state index contributed by atoms with van der Waals surface area (Å²) in [6.07, 6.45) is 3.29. The fourth-order valence-electron chi connectivity index (χ4n) is 3.63. The summed E-state index contributed by atoms with van der Waals surface area (Å²) in [5.74, 6) is -0.782. The average Bonchev–Trinajstić information content (AvgIpc) is 3.45. The SMILES string of the molecule is Cc1ccccc1-n1nccc1-c1cc(S(=O)(=O)N(C)C(C)c2ccc[nH]2)c(O)cc1O. The van der Waals surface area contributed by atoms with Crippen molar-refractivity contribution in [1.29, 1.82) is 0 Å². The molecule has 3 N–H and O–H groups in total. The highest BCUT2D eigenvalue weighted by atomic mass is 32.2. The monoisotopic (exact) mass is 452 g/mol. The maximum Gasteiger partial charge on any atom is 0.247 e. The number of aryl methyl sites for hydroxylation is 1. The molecule has 0 aliphatic carbocycles. The van der Waals surface area contributed by atoms with Crippen LogP contribution in [0.1, 0.15) is 24.2 Å². The number of H-pyrrole nitrogens is 1. The third-order valence-corrected chi connectivity index (χ3v) is 7.57. The predicted molar refractivity (Wildman–Crippen MR) is 121 cm³/mol. The molecule has 32 heavy (non-hydrogen) atoms. The molecule has 4 aromatic rings. The Morgan fingerprint density at radius 2 is 1.81 bits per heavy atom. The van der Waals surface area contributed by atoms with Crippen molar-refractivity contribution in [3.63, 3.8) is 0 Å². The number of phenolic OH excluding ortho intramolecular Hbond substituents is 2. The Labute approximate surface area is 186 Å². The summed E-state index contributed by atoms with van der Waals surface area (Å²) in [7, 11) is -2.64. The van der Waals surface area contributed by atoms with Gasteiger partial charge in [-0.3, -0.25) is 0 Å². The molecule has 2 aromatic carbocycles. The molecule has 1 atom stereocenters. The number of para-hydroxylation sites is 1. The molecule has 0 radical (unpaired) electrons. The van der Waals surface area contributed by atoms with Crippen molar-refractivity contribution in [3.8, 4) is 28.4 Å². The Hall–Kier alpha value is -3.56. The van der Waals surface area contributed by atoms with E-state index in [2.05, 4.69) is 10.1 Å². The summed E-state index contributed by atoms with van der Waals surface area (Å²) in [6, 6.07) is 14.7. The summed E-state index contributed by atoms with van der Waals surface area (Å²) in [5, 5.41) is 25.4. The molecule has 0 spiro atoms. The molecule has 0 amide bonds. The number of aromatic amines is 1. The molecule has 2 aromatic heterocycles. The molecule has 0 fully saturated rings. The Morgan fingerprint density at radius 1 is 1.06 bits per heavy atom. The normalized spacial score (nSPS) is 12.9. The van der Waals surface area contributed by atoms with Crippen molar-refractivity contribution in [2.24, 2.45) is 0 Å². The fraction of sp³-hybridized carbons (Fsp3) is 0.174. The van der Waals surface area contributed by atoms with Crippen LogP contribution in [0.25, 0.3) is 16.9 Å². The fourth-order valence-corrected chi connectivity index (χ4v) is 5.06. The number of rotatable bonds is 6. The van der Waals surface area contributed by atoms with E-state index in [1.54, 1.807) is 42.2 Å². The van der Waals surface area contributed by atoms with E-state index in [-0.39, 0.29) is 16.2 Å². The molecule has 9 heteroatoms. The molecular weight excluding hydrogens is 428 g/mol. The van der Waals surface area contributed by atoms with Crippen molar-refractivity contribution in [1.82, 2.24) is 19.1 Å². The second-order valence-corrected chi connectivity index (χ2v) is 9.54. The zero-order valence-electron chi connectivity index (χ0n) is 17.9.